The summed E-state index contributed by atoms with van der Waals surface area (Å²) in [5.74, 6) is -1.83. The van der Waals surface area contributed by atoms with Gasteiger partial charge in [0.2, 0.25) is 0 Å². The molecule has 0 saturated carbocycles. The van der Waals surface area contributed by atoms with E-state index in [-0.39, 0.29) is 32.5 Å². The predicted molar refractivity (Wildman–Crippen MR) is 78.9 cm³/mol. The van der Waals surface area contributed by atoms with Crippen molar-refractivity contribution < 1.29 is 29.1 Å². The Balaban J connectivity index is -0.000000295. The first kappa shape index (κ1) is 24.3. The molecule has 1 N–H and O–H groups in total. The smallest absolute Gasteiger partial charge is 0.198 e. The van der Waals surface area contributed by atoms with Crippen LogP contribution in [0.1, 0.15) is 60.8 Å². The second-order valence-corrected chi connectivity index (χ2v) is 4.55. The highest BCUT2D eigenvalue weighted by atomic mass is 16.3. The maximum Gasteiger partial charge on any atom is 0.198 e. The lowest BCUT2D eigenvalue weighted by Gasteiger charge is -1.99. The van der Waals surface area contributed by atoms with Crippen molar-refractivity contribution in [1.29, 1.82) is 0 Å². The summed E-state index contributed by atoms with van der Waals surface area (Å²) in [6.45, 7) is 5.44. The number of aliphatic hydroxyl groups excluding tert-OH is 1. The monoisotopic (exact) mass is 302 g/mol. The average Bonchev–Trinajstić information content (AvgIpc) is 2.33. The number of aliphatic hydroxyl groups is 1. The maximum absolute atomic E-state index is 10.6. The molecule has 0 bridgehead atoms. The van der Waals surface area contributed by atoms with Gasteiger partial charge in [-0.2, -0.15) is 0 Å². The van der Waals surface area contributed by atoms with Crippen LogP contribution in [0.5, 0.6) is 0 Å². The minimum Gasteiger partial charge on any atom is -0.393 e. The normalized spacial score (nSPS) is 10.3. The SMILES string of the molecule is C.CC(=O)C(=O)CCC(C)O.CC(=O)CCC(=O)C(C)=O. The molecule has 0 aliphatic carbocycles. The Bertz CT molecular complexity index is 382. The van der Waals surface area contributed by atoms with Gasteiger partial charge in [0.25, 0.3) is 0 Å². The fourth-order valence-corrected chi connectivity index (χ4v) is 0.982. The topological polar surface area (TPSA) is 106 Å². The molecule has 0 rings (SSSR count). The van der Waals surface area contributed by atoms with Crippen molar-refractivity contribution in [3.05, 3.63) is 0 Å². The van der Waals surface area contributed by atoms with Crippen LogP contribution in [0.4, 0.5) is 0 Å². The lowest BCUT2D eigenvalue weighted by molar-refractivity contribution is -0.135. The minimum absolute atomic E-state index is 0. The number of carbonyl (C=O) groups is 5. The molecule has 0 aromatic carbocycles. The summed E-state index contributed by atoms with van der Waals surface area (Å²) in [4.78, 5) is 52.1. The fraction of sp³-hybridized carbons (Fsp3) is 0.667. The van der Waals surface area contributed by atoms with Gasteiger partial charge >= 0.3 is 0 Å². The van der Waals surface area contributed by atoms with Gasteiger partial charge in [0.05, 0.1) is 6.10 Å². The van der Waals surface area contributed by atoms with E-state index < -0.39 is 29.2 Å². The van der Waals surface area contributed by atoms with Crippen molar-refractivity contribution in [2.24, 2.45) is 0 Å². The molecule has 0 aromatic heterocycles. The van der Waals surface area contributed by atoms with Gasteiger partial charge in [-0.25, -0.2) is 0 Å². The van der Waals surface area contributed by atoms with Crippen LogP contribution in [0.25, 0.3) is 0 Å². The zero-order valence-corrected chi connectivity index (χ0v) is 12.4. The van der Waals surface area contributed by atoms with Gasteiger partial charge in [0.1, 0.15) is 5.78 Å². The van der Waals surface area contributed by atoms with E-state index >= 15 is 0 Å². The van der Waals surface area contributed by atoms with Gasteiger partial charge in [-0.05, 0) is 20.3 Å². The summed E-state index contributed by atoms with van der Waals surface area (Å²) >= 11 is 0. The molecule has 0 aliphatic heterocycles. The minimum atomic E-state index is -0.497. The zero-order chi connectivity index (χ0) is 16.3. The number of carbonyl (C=O) groups excluding carboxylic acids is 5. The van der Waals surface area contributed by atoms with E-state index in [0.29, 0.717) is 6.42 Å². The highest BCUT2D eigenvalue weighted by molar-refractivity contribution is 6.36. The number of hydrogen-bond acceptors (Lipinski definition) is 6. The molecular weight excluding hydrogens is 276 g/mol. The molecule has 0 aliphatic rings. The molecule has 1 atom stereocenters. The molecule has 6 nitrogen and oxygen atoms in total. The third-order valence-electron chi connectivity index (χ3n) is 2.28. The highest BCUT2D eigenvalue weighted by Crippen LogP contribution is 1.96. The standard InChI is InChI=1S/C7H12O3.C7H10O3.CH4/c2*1-5(8)3-4-7(10)6(2)9;/h5,8H,3-4H2,1-2H3;3-4H2,1-2H3;1H4. The molecule has 0 saturated heterocycles. The van der Waals surface area contributed by atoms with Crippen LogP contribution in [0.3, 0.4) is 0 Å². The van der Waals surface area contributed by atoms with Gasteiger partial charge < -0.3 is 9.90 Å². The summed E-state index contributed by atoms with van der Waals surface area (Å²) in [5, 5.41) is 8.72. The molecule has 0 radical (unpaired) electrons. The summed E-state index contributed by atoms with van der Waals surface area (Å²) < 4.78 is 0. The second kappa shape index (κ2) is 13.3. The van der Waals surface area contributed by atoms with Crippen molar-refractivity contribution in [2.75, 3.05) is 0 Å². The van der Waals surface area contributed by atoms with E-state index in [9.17, 15) is 24.0 Å². The molecule has 0 heterocycles. The quantitative estimate of drug-likeness (QED) is 0.680. The number of hydrogen-bond donors (Lipinski definition) is 1. The Labute approximate surface area is 125 Å². The summed E-state index contributed by atoms with van der Waals surface area (Å²) in [6, 6.07) is 0. The highest BCUT2D eigenvalue weighted by Gasteiger charge is 2.08. The van der Waals surface area contributed by atoms with Crippen LogP contribution >= 0.6 is 0 Å². The molecule has 122 valence electrons. The molecule has 0 fully saturated rings. The Morgan fingerprint density at radius 1 is 0.810 bits per heavy atom. The zero-order valence-electron chi connectivity index (χ0n) is 12.4. The largest absolute Gasteiger partial charge is 0.393 e. The van der Waals surface area contributed by atoms with Gasteiger partial charge in [-0.15, -0.1) is 0 Å². The average molecular weight is 302 g/mol. The van der Waals surface area contributed by atoms with Gasteiger partial charge in [-0.1, -0.05) is 7.43 Å². The first-order valence-corrected chi connectivity index (χ1v) is 6.33. The Hall–Kier alpha value is -1.69. The van der Waals surface area contributed by atoms with Crippen molar-refractivity contribution in [2.45, 2.75) is 66.9 Å². The summed E-state index contributed by atoms with van der Waals surface area (Å²) in [5.41, 5.74) is 0. The molecule has 6 heteroatoms. The van der Waals surface area contributed by atoms with Gasteiger partial charge in [0.15, 0.2) is 23.1 Å². The summed E-state index contributed by atoms with van der Waals surface area (Å²) in [6.07, 6.45) is 0.275. The molecule has 0 amide bonds. The lowest BCUT2D eigenvalue weighted by Crippen LogP contribution is -2.12. The number of ketones is 5. The van der Waals surface area contributed by atoms with E-state index in [1.807, 2.05) is 0 Å². The van der Waals surface area contributed by atoms with Crippen molar-refractivity contribution >= 4 is 28.9 Å². The molecule has 0 aromatic rings. The van der Waals surface area contributed by atoms with Crippen LogP contribution in [0.2, 0.25) is 0 Å². The molecule has 21 heavy (non-hydrogen) atoms. The van der Waals surface area contributed by atoms with Crippen molar-refractivity contribution in [3.8, 4) is 0 Å². The van der Waals surface area contributed by atoms with Crippen molar-refractivity contribution in [1.82, 2.24) is 0 Å². The van der Waals surface area contributed by atoms with E-state index in [2.05, 4.69) is 0 Å². The Morgan fingerprint density at radius 2 is 1.19 bits per heavy atom. The Morgan fingerprint density at radius 3 is 1.48 bits per heavy atom. The van der Waals surface area contributed by atoms with Crippen LogP contribution < -0.4 is 0 Å². The molecule has 1 unspecified atom stereocenters. The van der Waals surface area contributed by atoms with E-state index in [0.717, 1.165) is 0 Å². The van der Waals surface area contributed by atoms with Gasteiger partial charge in [0, 0.05) is 33.1 Å². The molecule has 0 spiro atoms. The third kappa shape index (κ3) is 18.3. The maximum atomic E-state index is 10.6. The van der Waals surface area contributed by atoms with Crippen LogP contribution in [0.15, 0.2) is 0 Å². The number of rotatable bonds is 8. The Kier molecular flexibility index (Phi) is 15.4. The van der Waals surface area contributed by atoms with Crippen molar-refractivity contribution in [3.63, 3.8) is 0 Å². The predicted octanol–water partition coefficient (Wildman–Crippen LogP) is 1.46. The van der Waals surface area contributed by atoms with E-state index in [1.165, 1.54) is 20.8 Å². The third-order valence-corrected chi connectivity index (χ3v) is 2.28. The van der Waals surface area contributed by atoms with Crippen LogP contribution in [-0.4, -0.2) is 40.1 Å². The lowest BCUT2D eigenvalue weighted by atomic mass is 10.1. The number of Topliss-reactive ketones (excluding diaryl/α,β-unsaturated/α-hetero) is 5. The van der Waals surface area contributed by atoms with E-state index in [1.54, 1.807) is 6.92 Å². The van der Waals surface area contributed by atoms with E-state index in [4.69, 9.17) is 5.11 Å². The first-order valence-electron chi connectivity index (χ1n) is 6.33. The summed E-state index contributed by atoms with van der Waals surface area (Å²) in [7, 11) is 0. The first-order chi connectivity index (χ1) is 9.07. The van der Waals surface area contributed by atoms with Crippen LogP contribution in [-0.2, 0) is 24.0 Å². The molecular formula is C15H26O6. The van der Waals surface area contributed by atoms with Crippen LogP contribution in [0, 0.1) is 0 Å². The fourth-order valence-electron chi connectivity index (χ4n) is 0.982. The second-order valence-electron chi connectivity index (χ2n) is 4.55. The van der Waals surface area contributed by atoms with Gasteiger partial charge in [-0.3, -0.25) is 19.2 Å².